The van der Waals surface area contributed by atoms with Crippen molar-refractivity contribution < 1.29 is 14.3 Å². The van der Waals surface area contributed by atoms with E-state index in [1.54, 1.807) is 27.3 Å². The summed E-state index contributed by atoms with van der Waals surface area (Å²) in [5, 5.41) is 2.84. The maximum atomic E-state index is 11.9. The van der Waals surface area contributed by atoms with Gasteiger partial charge in [0.1, 0.15) is 0 Å². The Kier molecular flexibility index (Phi) is 4.96. The summed E-state index contributed by atoms with van der Waals surface area (Å²) >= 11 is 3.42. The maximum Gasteiger partial charge on any atom is 0.177 e. The molecule has 0 spiro atoms. The summed E-state index contributed by atoms with van der Waals surface area (Å²) in [7, 11) is 4.85. The number of halogens is 1. The molecule has 1 rings (SSSR count). The number of hydrogen-bond donors (Lipinski definition) is 1. The highest BCUT2D eigenvalue weighted by atomic mass is 79.9. The van der Waals surface area contributed by atoms with Crippen molar-refractivity contribution in [2.45, 2.75) is 6.92 Å². The van der Waals surface area contributed by atoms with Crippen molar-refractivity contribution in [1.29, 1.82) is 0 Å². The average Bonchev–Trinajstić information content (AvgIpc) is 2.32. The second-order valence-electron chi connectivity index (χ2n) is 3.55. The number of likely N-dealkylation sites (N-methyl/N-ethyl adjacent to an activating group) is 1. The zero-order valence-corrected chi connectivity index (χ0v) is 12.0. The molecule has 1 N–H and O–H groups in total. The van der Waals surface area contributed by atoms with Crippen LogP contribution < -0.4 is 14.8 Å². The number of Topliss-reactive ketones (excluding diaryl/α,β-unsaturated/α-hetero) is 1. The molecular weight excluding hydrogens is 286 g/mol. The summed E-state index contributed by atoms with van der Waals surface area (Å²) in [6.07, 6.45) is 0. The third-order valence-electron chi connectivity index (χ3n) is 2.49. The van der Waals surface area contributed by atoms with E-state index in [0.29, 0.717) is 23.6 Å². The number of carbonyl (C=O) groups excluding carboxylic acids is 1. The Labute approximate surface area is 109 Å². The topological polar surface area (TPSA) is 47.6 Å². The largest absolute Gasteiger partial charge is 0.493 e. The molecule has 1 aromatic rings. The Morgan fingerprint density at radius 1 is 1.41 bits per heavy atom. The lowest BCUT2D eigenvalue weighted by Crippen LogP contribution is -2.19. The number of nitrogens with one attached hydrogen (secondary N) is 1. The molecule has 0 amide bonds. The highest BCUT2D eigenvalue weighted by Gasteiger charge is 2.18. The summed E-state index contributed by atoms with van der Waals surface area (Å²) in [6, 6.07) is 1.71. The van der Waals surface area contributed by atoms with E-state index >= 15 is 0 Å². The summed E-state index contributed by atoms with van der Waals surface area (Å²) in [4.78, 5) is 11.9. The van der Waals surface area contributed by atoms with Crippen molar-refractivity contribution in [3.05, 3.63) is 21.7 Å². The number of carbonyl (C=O) groups is 1. The molecule has 0 aliphatic carbocycles. The molecule has 94 valence electrons. The van der Waals surface area contributed by atoms with Crippen LogP contribution in [0.4, 0.5) is 0 Å². The molecule has 0 unspecified atom stereocenters. The van der Waals surface area contributed by atoms with Gasteiger partial charge < -0.3 is 14.8 Å². The third-order valence-corrected chi connectivity index (χ3v) is 3.45. The predicted molar refractivity (Wildman–Crippen MR) is 70.2 cm³/mol. The molecule has 0 atom stereocenters. The molecular formula is C12H16BrNO3. The lowest BCUT2D eigenvalue weighted by molar-refractivity contribution is 0.0992. The van der Waals surface area contributed by atoms with E-state index in [0.717, 1.165) is 10.0 Å². The van der Waals surface area contributed by atoms with Gasteiger partial charge in [0.2, 0.25) is 0 Å². The molecule has 0 radical (unpaired) electrons. The van der Waals surface area contributed by atoms with Gasteiger partial charge in [-0.25, -0.2) is 0 Å². The van der Waals surface area contributed by atoms with Crippen LogP contribution in [0.15, 0.2) is 10.5 Å². The molecule has 1 aromatic carbocycles. The summed E-state index contributed by atoms with van der Waals surface area (Å²) in [6.45, 7) is 2.16. The first-order valence-electron chi connectivity index (χ1n) is 5.15. The van der Waals surface area contributed by atoms with Gasteiger partial charge in [0.15, 0.2) is 17.3 Å². The van der Waals surface area contributed by atoms with Gasteiger partial charge in [-0.1, -0.05) is 0 Å². The number of methoxy groups -OCH3 is 2. The SMILES string of the molecule is CNCC(=O)c1cc(OC)c(OC)c(Br)c1C. The van der Waals surface area contributed by atoms with Crippen LogP contribution in [0.3, 0.4) is 0 Å². The number of hydrogen-bond acceptors (Lipinski definition) is 4. The summed E-state index contributed by atoms with van der Waals surface area (Å²) in [5.74, 6) is 1.17. The van der Waals surface area contributed by atoms with E-state index in [1.807, 2.05) is 6.92 Å². The third kappa shape index (κ3) is 2.79. The number of benzene rings is 1. The highest BCUT2D eigenvalue weighted by Crippen LogP contribution is 2.39. The van der Waals surface area contributed by atoms with Crippen LogP contribution in [0, 0.1) is 6.92 Å². The van der Waals surface area contributed by atoms with Gasteiger partial charge in [-0.2, -0.15) is 0 Å². The molecule has 5 heteroatoms. The van der Waals surface area contributed by atoms with E-state index < -0.39 is 0 Å². The molecule has 0 saturated heterocycles. The average molecular weight is 302 g/mol. The molecule has 0 fully saturated rings. The van der Waals surface area contributed by atoms with Crippen LogP contribution in [-0.4, -0.2) is 33.6 Å². The molecule has 0 bridgehead atoms. The summed E-state index contributed by atoms with van der Waals surface area (Å²) in [5.41, 5.74) is 1.48. The van der Waals surface area contributed by atoms with Crippen molar-refractivity contribution in [2.24, 2.45) is 0 Å². The zero-order chi connectivity index (χ0) is 13.0. The minimum atomic E-state index is 0.0200. The number of ether oxygens (including phenoxy) is 2. The van der Waals surface area contributed by atoms with Gasteiger partial charge in [0.05, 0.1) is 25.2 Å². The first kappa shape index (κ1) is 14.0. The predicted octanol–water partition coefficient (Wildman–Crippen LogP) is 2.18. The second-order valence-corrected chi connectivity index (χ2v) is 4.35. The number of ketones is 1. The first-order chi connectivity index (χ1) is 8.06. The maximum absolute atomic E-state index is 11.9. The standard InChI is InChI=1S/C12H16BrNO3/c1-7-8(9(15)6-14-2)5-10(16-3)12(17-4)11(7)13/h5,14H,6H2,1-4H3. The van der Waals surface area contributed by atoms with Gasteiger partial charge in [-0.3, -0.25) is 4.79 Å². The van der Waals surface area contributed by atoms with E-state index in [4.69, 9.17) is 9.47 Å². The molecule has 4 nitrogen and oxygen atoms in total. The molecule has 0 heterocycles. The highest BCUT2D eigenvalue weighted by molar-refractivity contribution is 9.10. The molecule has 0 aliphatic rings. The summed E-state index contributed by atoms with van der Waals surface area (Å²) < 4.78 is 11.2. The van der Waals surface area contributed by atoms with Crippen LogP contribution in [0.25, 0.3) is 0 Å². The smallest absolute Gasteiger partial charge is 0.177 e. The Hall–Kier alpha value is -1.07. The van der Waals surface area contributed by atoms with Gasteiger partial charge in [0.25, 0.3) is 0 Å². The minimum Gasteiger partial charge on any atom is -0.493 e. The Morgan fingerprint density at radius 2 is 2.06 bits per heavy atom. The van der Waals surface area contributed by atoms with Crippen molar-refractivity contribution in [1.82, 2.24) is 5.32 Å². The Bertz CT molecular complexity index is 432. The Morgan fingerprint density at radius 3 is 2.53 bits per heavy atom. The zero-order valence-electron chi connectivity index (χ0n) is 10.4. The van der Waals surface area contributed by atoms with E-state index in [9.17, 15) is 4.79 Å². The van der Waals surface area contributed by atoms with Crippen molar-refractivity contribution in [2.75, 3.05) is 27.8 Å². The van der Waals surface area contributed by atoms with Crippen molar-refractivity contribution >= 4 is 21.7 Å². The minimum absolute atomic E-state index is 0.0200. The van der Waals surface area contributed by atoms with Crippen LogP contribution in [-0.2, 0) is 0 Å². The second kappa shape index (κ2) is 6.02. The lowest BCUT2D eigenvalue weighted by atomic mass is 10.0. The fraction of sp³-hybridized carbons (Fsp3) is 0.417. The van der Waals surface area contributed by atoms with Gasteiger partial charge >= 0.3 is 0 Å². The van der Waals surface area contributed by atoms with Crippen molar-refractivity contribution in [3.8, 4) is 11.5 Å². The Balaban J connectivity index is 3.34. The van der Waals surface area contributed by atoms with Crippen LogP contribution in [0.5, 0.6) is 11.5 Å². The monoisotopic (exact) mass is 301 g/mol. The fourth-order valence-corrected chi connectivity index (χ4v) is 2.16. The lowest BCUT2D eigenvalue weighted by Gasteiger charge is -2.14. The molecule has 17 heavy (non-hydrogen) atoms. The van der Waals surface area contributed by atoms with Crippen molar-refractivity contribution in [3.63, 3.8) is 0 Å². The normalized spacial score (nSPS) is 10.2. The van der Waals surface area contributed by atoms with Crippen LogP contribution >= 0.6 is 15.9 Å². The van der Waals surface area contributed by atoms with Crippen LogP contribution in [0.2, 0.25) is 0 Å². The molecule has 0 saturated carbocycles. The quantitative estimate of drug-likeness (QED) is 0.847. The fourth-order valence-electron chi connectivity index (χ4n) is 1.59. The van der Waals surface area contributed by atoms with E-state index in [1.165, 1.54) is 0 Å². The molecule has 0 aliphatic heterocycles. The number of rotatable bonds is 5. The van der Waals surface area contributed by atoms with Crippen LogP contribution in [0.1, 0.15) is 15.9 Å². The van der Waals surface area contributed by atoms with E-state index in [2.05, 4.69) is 21.2 Å². The molecule has 0 aromatic heterocycles. The first-order valence-corrected chi connectivity index (χ1v) is 5.95. The van der Waals surface area contributed by atoms with Gasteiger partial charge in [-0.15, -0.1) is 0 Å². The van der Waals surface area contributed by atoms with Gasteiger partial charge in [-0.05, 0) is 41.5 Å². The van der Waals surface area contributed by atoms with Gasteiger partial charge in [0, 0.05) is 5.56 Å². The van der Waals surface area contributed by atoms with E-state index in [-0.39, 0.29) is 5.78 Å².